The molecule has 0 amide bonds. The molecule has 1 heterocycles. The van der Waals surface area contributed by atoms with Crippen LogP contribution in [0.25, 0.3) is 5.69 Å². The molecule has 1 aliphatic carbocycles. The molecule has 5 rings (SSSR count). The zero-order chi connectivity index (χ0) is 25.4. The van der Waals surface area contributed by atoms with E-state index in [0.717, 1.165) is 52.5 Å². The first-order chi connectivity index (χ1) is 17.4. The predicted molar refractivity (Wildman–Crippen MR) is 142 cm³/mol. The molecular formula is C28H24Cl2F2N2OS. The highest BCUT2D eigenvalue weighted by Crippen LogP contribution is 2.42. The summed E-state index contributed by atoms with van der Waals surface area (Å²) in [5.41, 5.74) is 5.38. The number of thioether (sulfide) groups is 1. The fraction of sp³-hybridized carbons (Fsp3) is 0.250. The van der Waals surface area contributed by atoms with Gasteiger partial charge in [0.05, 0.1) is 24.2 Å². The molecular weight excluding hydrogens is 521 g/mol. The number of imidazole rings is 1. The molecule has 0 spiro atoms. The highest BCUT2D eigenvalue weighted by Gasteiger charge is 2.30. The lowest BCUT2D eigenvalue weighted by Crippen LogP contribution is -2.15. The molecule has 0 bridgehead atoms. The van der Waals surface area contributed by atoms with Crippen molar-refractivity contribution in [3.8, 4) is 11.4 Å². The summed E-state index contributed by atoms with van der Waals surface area (Å²) in [6, 6.07) is 15.6. The number of nitrogens with zero attached hydrogens (tertiary/aromatic N) is 2. The molecule has 3 aromatic carbocycles. The first kappa shape index (κ1) is 25.1. The number of fused-ring (bicyclic) bond motifs is 1. The second-order valence-electron chi connectivity index (χ2n) is 8.82. The maximum absolute atomic E-state index is 14.5. The van der Waals surface area contributed by atoms with Gasteiger partial charge in [0.1, 0.15) is 5.82 Å². The number of benzene rings is 3. The molecule has 1 unspecified atom stereocenters. The van der Waals surface area contributed by atoms with Gasteiger partial charge in [-0.25, -0.2) is 13.8 Å². The van der Waals surface area contributed by atoms with E-state index in [0.29, 0.717) is 21.5 Å². The first-order valence-electron chi connectivity index (χ1n) is 11.6. The van der Waals surface area contributed by atoms with Crippen molar-refractivity contribution >= 4 is 35.0 Å². The van der Waals surface area contributed by atoms with E-state index in [4.69, 9.17) is 32.9 Å². The van der Waals surface area contributed by atoms with Crippen LogP contribution in [0.2, 0.25) is 10.0 Å². The monoisotopic (exact) mass is 544 g/mol. The Kier molecular flexibility index (Phi) is 7.29. The smallest absolute Gasteiger partial charge is 0.173 e. The van der Waals surface area contributed by atoms with E-state index in [1.54, 1.807) is 24.3 Å². The Morgan fingerprint density at radius 2 is 1.89 bits per heavy atom. The van der Waals surface area contributed by atoms with Gasteiger partial charge in [0, 0.05) is 33.3 Å². The normalized spacial score (nSPS) is 15.1. The fourth-order valence-corrected chi connectivity index (χ4v) is 6.26. The molecule has 4 aromatic rings. The molecule has 0 aliphatic heterocycles. The van der Waals surface area contributed by atoms with Gasteiger partial charge in [-0.05, 0) is 67.6 Å². The van der Waals surface area contributed by atoms with Crippen molar-refractivity contribution in [3.63, 3.8) is 0 Å². The maximum atomic E-state index is 14.5. The third-order valence-corrected chi connectivity index (χ3v) is 8.32. The zero-order valence-corrected chi connectivity index (χ0v) is 22.2. The van der Waals surface area contributed by atoms with Crippen molar-refractivity contribution in [1.29, 1.82) is 0 Å². The van der Waals surface area contributed by atoms with Crippen molar-refractivity contribution in [1.82, 2.24) is 9.55 Å². The minimum absolute atomic E-state index is 0.0830. The second-order valence-corrected chi connectivity index (χ2v) is 10.6. The summed E-state index contributed by atoms with van der Waals surface area (Å²) >= 11 is 14.0. The third kappa shape index (κ3) is 4.74. The Morgan fingerprint density at radius 1 is 1.06 bits per heavy atom. The molecule has 0 saturated carbocycles. The average Bonchev–Trinajstić information content (AvgIpc) is 3.24. The summed E-state index contributed by atoms with van der Waals surface area (Å²) in [4.78, 5) is 4.99. The summed E-state index contributed by atoms with van der Waals surface area (Å²) in [5.74, 6) is -0.245. The van der Waals surface area contributed by atoms with Gasteiger partial charge in [-0.15, -0.1) is 0 Å². The van der Waals surface area contributed by atoms with E-state index < -0.39 is 5.82 Å². The van der Waals surface area contributed by atoms with Gasteiger partial charge in [0.15, 0.2) is 16.7 Å². The van der Waals surface area contributed by atoms with Gasteiger partial charge in [0.2, 0.25) is 0 Å². The van der Waals surface area contributed by atoms with Crippen molar-refractivity contribution in [2.24, 2.45) is 0 Å². The van der Waals surface area contributed by atoms with Gasteiger partial charge in [-0.2, -0.15) is 0 Å². The van der Waals surface area contributed by atoms with Crippen LogP contribution < -0.4 is 4.74 Å². The minimum atomic E-state index is -0.438. The number of aryl methyl sites for hydroxylation is 2. The van der Waals surface area contributed by atoms with Crippen LogP contribution in [0.5, 0.6) is 5.75 Å². The van der Waals surface area contributed by atoms with E-state index in [1.807, 2.05) is 13.0 Å². The van der Waals surface area contributed by atoms with Crippen molar-refractivity contribution < 1.29 is 13.5 Å². The lowest BCUT2D eigenvalue weighted by Gasteiger charge is -2.26. The molecule has 0 fully saturated rings. The molecule has 1 aromatic heterocycles. The molecule has 0 radical (unpaired) electrons. The standard InChI is InChI=1S/C28H24Cl2F2N2OS/c1-16-13-17(9-11-21(16)29)19-5-3-8-25-27(19)34(18-10-12-24(32)26(14-18)35-2)28(33-25)36-15-20-22(30)6-4-7-23(20)31/h4,6-7,9-14,19H,3,5,8,15H2,1-2H3. The van der Waals surface area contributed by atoms with Gasteiger partial charge in [-0.1, -0.05) is 53.2 Å². The number of aromatic nitrogens is 2. The first-order valence-corrected chi connectivity index (χ1v) is 13.4. The summed E-state index contributed by atoms with van der Waals surface area (Å²) in [6.07, 6.45) is 2.77. The van der Waals surface area contributed by atoms with Crippen molar-refractivity contribution in [2.75, 3.05) is 7.11 Å². The summed E-state index contributed by atoms with van der Waals surface area (Å²) < 4.78 is 36.1. The lowest BCUT2D eigenvalue weighted by molar-refractivity contribution is 0.386. The molecule has 3 nitrogen and oxygen atoms in total. The topological polar surface area (TPSA) is 27.1 Å². The molecule has 36 heavy (non-hydrogen) atoms. The third-order valence-electron chi connectivity index (χ3n) is 6.58. The molecule has 1 atom stereocenters. The Hall–Kier alpha value is -2.54. The van der Waals surface area contributed by atoms with Crippen LogP contribution in [0, 0.1) is 18.6 Å². The average molecular weight is 545 g/mol. The van der Waals surface area contributed by atoms with Crippen molar-refractivity contribution in [3.05, 3.63) is 104 Å². The fourth-order valence-electron chi connectivity index (χ4n) is 4.76. The number of hydrogen-bond donors (Lipinski definition) is 0. The van der Waals surface area contributed by atoms with Crippen LogP contribution in [-0.4, -0.2) is 16.7 Å². The number of rotatable bonds is 6. The summed E-state index contributed by atoms with van der Waals surface area (Å²) in [6.45, 7) is 2.00. The molecule has 8 heteroatoms. The van der Waals surface area contributed by atoms with Crippen LogP contribution in [0.15, 0.2) is 59.8 Å². The Labute approximate surface area is 223 Å². The number of halogens is 4. The SMILES string of the molecule is COc1cc(-n2c(SCc3c(F)cccc3Cl)nc3c2C(c2ccc(Cl)c(C)c2)CCC3)ccc1F. The molecule has 1 aliphatic rings. The maximum Gasteiger partial charge on any atom is 0.173 e. The Bertz CT molecular complexity index is 1420. The Balaban J connectivity index is 1.65. The highest BCUT2D eigenvalue weighted by molar-refractivity contribution is 7.98. The molecule has 186 valence electrons. The summed E-state index contributed by atoms with van der Waals surface area (Å²) in [5, 5.41) is 1.80. The van der Waals surface area contributed by atoms with Crippen molar-refractivity contribution in [2.45, 2.75) is 43.0 Å². The van der Waals surface area contributed by atoms with Crippen LogP contribution in [0.3, 0.4) is 0 Å². The van der Waals surface area contributed by atoms with Crippen LogP contribution in [0.1, 0.15) is 46.8 Å². The van der Waals surface area contributed by atoms with E-state index in [1.165, 1.54) is 31.0 Å². The quantitative estimate of drug-likeness (QED) is 0.227. The van der Waals surface area contributed by atoms with Gasteiger partial charge in [-0.3, -0.25) is 4.57 Å². The molecule has 0 N–H and O–H groups in total. The van der Waals surface area contributed by atoms with E-state index in [2.05, 4.69) is 16.7 Å². The van der Waals surface area contributed by atoms with Gasteiger partial charge in [0.25, 0.3) is 0 Å². The summed E-state index contributed by atoms with van der Waals surface area (Å²) in [7, 11) is 1.45. The predicted octanol–water partition coefficient (Wildman–Crippen LogP) is 8.53. The van der Waals surface area contributed by atoms with E-state index in [-0.39, 0.29) is 17.5 Å². The number of methoxy groups -OCH3 is 1. The molecule has 0 saturated heterocycles. The van der Waals surface area contributed by atoms with E-state index >= 15 is 0 Å². The zero-order valence-electron chi connectivity index (χ0n) is 19.8. The minimum Gasteiger partial charge on any atom is -0.494 e. The number of ether oxygens (including phenoxy) is 1. The lowest BCUT2D eigenvalue weighted by atomic mass is 9.83. The number of hydrogen-bond acceptors (Lipinski definition) is 3. The van der Waals surface area contributed by atoms with Crippen LogP contribution in [0.4, 0.5) is 8.78 Å². The highest BCUT2D eigenvalue weighted by atomic mass is 35.5. The largest absolute Gasteiger partial charge is 0.494 e. The van der Waals surface area contributed by atoms with Crippen LogP contribution in [-0.2, 0) is 12.2 Å². The van der Waals surface area contributed by atoms with Gasteiger partial charge >= 0.3 is 0 Å². The second kappa shape index (κ2) is 10.4. The Morgan fingerprint density at radius 3 is 2.64 bits per heavy atom. The van der Waals surface area contributed by atoms with Crippen LogP contribution >= 0.6 is 35.0 Å². The van der Waals surface area contributed by atoms with E-state index in [9.17, 15) is 8.78 Å². The van der Waals surface area contributed by atoms with Gasteiger partial charge < -0.3 is 4.74 Å².